The smallest absolute Gasteiger partial charge is 0.411 e. The Hall–Kier alpha value is -5.19. The van der Waals surface area contributed by atoms with E-state index in [0.29, 0.717) is 35.5 Å². The second-order valence-electron chi connectivity index (χ2n) is 12.3. The number of nitrogens with two attached hydrogens (primary N) is 1. The summed E-state index contributed by atoms with van der Waals surface area (Å²) in [6.07, 6.45) is -2.89. The molecular formula is C31H35F3N8O6. The van der Waals surface area contributed by atoms with Crippen LogP contribution in [0.1, 0.15) is 39.2 Å². The highest BCUT2D eigenvalue weighted by Gasteiger charge is 2.48. The van der Waals surface area contributed by atoms with Gasteiger partial charge in [-0.3, -0.25) is 4.98 Å². The zero-order valence-electron chi connectivity index (χ0n) is 26.6. The van der Waals surface area contributed by atoms with Crippen LogP contribution in [0.25, 0.3) is 22.4 Å². The molecule has 3 aromatic heterocycles. The number of pyridine rings is 1. The van der Waals surface area contributed by atoms with Crippen LogP contribution in [0, 0.1) is 5.82 Å². The van der Waals surface area contributed by atoms with Gasteiger partial charge < -0.3 is 39.8 Å². The molecule has 2 atom stereocenters. The molecule has 0 aliphatic carbocycles. The molecule has 48 heavy (non-hydrogen) atoms. The number of primary amides is 1. The van der Waals surface area contributed by atoms with Gasteiger partial charge in [-0.05, 0) is 57.4 Å². The van der Waals surface area contributed by atoms with Crippen LogP contribution in [0.15, 0.2) is 43.1 Å². The van der Waals surface area contributed by atoms with Crippen LogP contribution in [-0.4, -0.2) is 85.7 Å². The van der Waals surface area contributed by atoms with Gasteiger partial charge in [0.2, 0.25) is 0 Å². The van der Waals surface area contributed by atoms with Crippen molar-refractivity contribution in [3.63, 3.8) is 0 Å². The van der Waals surface area contributed by atoms with Crippen molar-refractivity contribution in [1.82, 2.24) is 29.8 Å². The molecule has 4 heterocycles. The number of anilines is 1. The van der Waals surface area contributed by atoms with E-state index >= 15 is 0 Å². The number of alkyl halides is 2. The molecule has 1 saturated heterocycles. The summed E-state index contributed by atoms with van der Waals surface area (Å²) in [5.74, 6) is -0.424. The Labute approximate surface area is 273 Å². The lowest BCUT2D eigenvalue weighted by Crippen LogP contribution is -2.67. The molecule has 2 unspecified atom stereocenters. The van der Waals surface area contributed by atoms with Crippen LogP contribution in [0.3, 0.4) is 0 Å². The van der Waals surface area contributed by atoms with Gasteiger partial charge in [-0.2, -0.15) is 4.98 Å². The molecule has 1 fully saturated rings. The Morgan fingerprint density at radius 3 is 2.62 bits per heavy atom. The van der Waals surface area contributed by atoms with Crippen LogP contribution >= 0.6 is 0 Å². The SMILES string of the molecule is COc1cc(F)ccc1-c1cc(Cn2cnc3c(OC(N)=O)ncnc32)c(N2CCCC(NC(=O)OC(C)(C)C)(C(O)C(F)F)C2)cn1. The lowest BCUT2D eigenvalue weighted by molar-refractivity contribution is -0.0664. The Balaban J connectivity index is 1.59. The number of methoxy groups -OCH3 is 1. The van der Waals surface area contributed by atoms with Crippen molar-refractivity contribution in [3.05, 3.63) is 54.5 Å². The monoisotopic (exact) mass is 672 g/mol. The van der Waals surface area contributed by atoms with Gasteiger partial charge in [0.15, 0.2) is 11.2 Å². The quantitative estimate of drug-likeness (QED) is 0.234. The second-order valence-corrected chi connectivity index (χ2v) is 12.3. The number of aliphatic hydroxyl groups is 1. The van der Waals surface area contributed by atoms with Crippen molar-refractivity contribution < 1.29 is 42.1 Å². The fraction of sp³-hybridized carbons (Fsp3) is 0.419. The average molecular weight is 673 g/mol. The number of aromatic nitrogens is 5. The van der Waals surface area contributed by atoms with Crippen LogP contribution in [0.4, 0.5) is 28.4 Å². The summed E-state index contributed by atoms with van der Waals surface area (Å²) in [6.45, 7) is 5.15. The topological polar surface area (TPSA) is 180 Å². The molecule has 256 valence electrons. The standard InChI is InChI=1S/C31H35F3N8O6/c1-30(2,3)48-29(45)40-31(24(43)25(33)34)8-5-9-41(14-31)21-12-36-20(19-7-6-18(32)11-22(19)46-4)10-17(21)13-42-16-39-23-26(42)37-15-38-27(23)47-28(35)44/h6-7,10-12,15-16,24-25,43H,5,8-9,13-14H2,1-4H3,(H2,35,44)(H,40,45). The lowest BCUT2D eigenvalue weighted by atomic mass is 9.83. The molecular weight excluding hydrogens is 637 g/mol. The first kappa shape index (κ1) is 34.2. The fourth-order valence-corrected chi connectivity index (χ4v) is 5.71. The minimum atomic E-state index is -3.17. The number of carbonyl (C=O) groups excluding carboxylic acids is 2. The number of piperidine rings is 1. The van der Waals surface area contributed by atoms with Crippen LogP contribution in [0.5, 0.6) is 11.6 Å². The third-order valence-electron chi connectivity index (χ3n) is 7.73. The Kier molecular flexibility index (Phi) is 9.61. The minimum absolute atomic E-state index is 0.0492. The number of halogens is 3. The van der Waals surface area contributed by atoms with Crippen molar-refractivity contribution in [1.29, 1.82) is 0 Å². The van der Waals surface area contributed by atoms with E-state index in [4.69, 9.17) is 19.9 Å². The van der Waals surface area contributed by atoms with E-state index in [1.807, 2.05) is 0 Å². The van der Waals surface area contributed by atoms with Gasteiger partial charge in [0.1, 0.15) is 29.6 Å². The third kappa shape index (κ3) is 7.35. The Morgan fingerprint density at radius 2 is 1.94 bits per heavy atom. The predicted octanol–water partition coefficient (Wildman–Crippen LogP) is 4.03. The maximum atomic E-state index is 14.1. The van der Waals surface area contributed by atoms with Crippen LogP contribution in [0.2, 0.25) is 0 Å². The number of ether oxygens (including phenoxy) is 3. The second kappa shape index (κ2) is 13.5. The van der Waals surface area contributed by atoms with Crippen molar-refractivity contribution in [2.45, 2.75) is 63.8 Å². The summed E-state index contributed by atoms with van der Waals surface area (Å²) in [5.41, 5.74) is 4.89. The van der Waals surface area contributed by atoms with Gasteiger partial charge in [0.05, 0.1) is 43.1 Å². The summed E-state index contributed by atoms with van der Waals surface area (Å²) in [5, 5.41) is 13.3. The number of benzene rings is 1. The molecule has 4 aromatic rings. The van der Waals surface area contributed by atoms with E-state index < -0.39 is 41.7 Å². The van der Waals surface area contributed by atoms with Gasteiger partial charge in [0.25, 0.3) is 12.3 Å². The molecule has 14 nitrogen and oxygen atoms in total. The van der Waals surface area contributed by atoms with E-state index in [9.17, 15) is 27.9 Å². The average Bonchev–Trinajstić information content (AvgIpc) is 3.43. The Bertz CT molecular complexity index is 1820. The molecule has 1 aliphatic heterocycles. The lowest BCUT2D eigenvalue weighted by Gasteiger charge is -2.46. The van der Waals surface area contributed by atoms with Gasteiger partial charge >= 0.3 is 12.2 Å². The Morgan fingerprint density at radius 1 is 1.17 bits per heavy atom. The van der Waals surface area contributed by atoms with Gasteiger partial charge in [0, 0.05) is 24.7 Å². The van der Waals surface area contributed by atoms with E-state index in [1.54, 1.807) is 36.3 Å². The number of hydrogen-bond donors (Lipinski definition) is 3. The molecule has 0 saturated carbocycles. The first-order chi connectivity index (χ1) is 22.7. The number of nitrogens with one attached hydrogen (secondary N) is 1. The summed E-state index contributed by atoms with van der Waals surface area (Å²) >= 11 is 0. The molecule has 1 aromatic carbocycles. The highest BCUT2D eigenvalue weighted by Crippen LogP contribution is 2.36. The van der Waals surface area contributed by atoms with Crippen molar-refractivity contribution in [3.8, 4) is 22.9 Å². The maximum Gasteiger partial charge on any atom is 0.411 e. The number of aliphatic hydroxyl groups excluding tert-OH is 1. The van der Waals surface area contributed by atoms with Crippen molar-refractivity contribution >= 4 is 29.0 Å². The number of nitrogens with zero attached hydrogens (tertiary/aromatic N) is 6. The molecule has 17 heteroatoms. The summed E-state index contributed by atoms with van der Waals surface area (Å²) < 4.78 is 59.7. The number of carbonyl (C=O) groups is 2. The number of alkyl carbamates (subject to hydrolysis) is 1. The molecule has 5 rings (SSSR count). The zero-order chi connectivity index (χ0) is 34.8. The maximum absolute atomic E-state index is 14.1. The number of amides is 2. The number of imidazole rings is 1. The molecule has 0 radical (unpaired) electrons. The molecule has 0 spiro atoms. The number of rotatable bonds is 9. The normalized spacial score (nSPS) is 17.3. The molecule has 1 aliphatic rings. The number of hydrogen-bond acceptors (Lipinski definition) is 11. The first-order valence-corrected chi connectivity index (χ1v) is 14.9. The molecule has 0 bridgehead atoms. The molecule has 2 amide bonds. The van der Waals surface area contributed by atoms with Crippen LogP contribution < -0.4 is 25.4 Å². The van der Waals surface area contributed by atoms with E-state index in [-0.39, 0.29) is 42.3 Å². The van der Waals surface area contributed by atoms with Crippen LogP contribution in [-0.2, 0) is 11.3 Å². The largest absolute Gasteiger partial charge is 0.496 e. The summed E-state index contributed by atoms with van der Waals surface area (Å²) in [6, 6.07) is 5.72. The number of fused-ring (bicyclic) bond motifs is 1. The summed E-state index contributed by atoms with van der Waals surface area (Å²) in [7, 11) is 1.40. The summed E-state index contributed by atoms with van der Waals surface area (Å²) in [4.78, 5) is 43.1. The fourth-order valence-electron chi connectivity index (χ4n) is 5.71. The zero-order valence-corrected chi connectivity index (χ0v) is 26.6. The van der Waals surface area contributed by atoms with Gasteiger partial charge in [-0.1, -0.05) is 0 Å². The third-order valence-corrected chi connectivity index (χ3v) is 7.73. The molecule has 4 N–H and O–H groups in total. The van der Waals surface area contributed by atoms with E-state index in [2.05, 4.69) is 25.3 Å². The van der Waals surface area contributed by atoms with E-state index in [1.165, 1.54) is 44.2 Å². The van der Waals surface area contributed by atoms with Crippen molar-refractivity contribution in [2.75, 3.05) is 25.1 Å². The minimum Gasteiger partial charge on any atom is -0.496 e. The van der Waals surface area contributed by atoms with Crippen molar-refractivity contribution in [2.24, 2.45) is 5.73 Å². The van der Waals surface area contributed by atoms with Gasteiger partial charge in [-0.25, -0.2) is 32.7 Å². The predicted molar refractivity (Wildman–Crippen MR) is 166 cm³/mol. The highest BCUT2D eigenvalue weighted by atomic mass is 19.3. The highest BCUT2D eigenvalue weighted by molar-refractivity contribution is 5.80. The van der Waals surface area contributed by atoms with E-state index in [0.717, 1.165) is 0 Å². The first-order valence-electron chi connectivity index (χ1n) is 14.9. The van der Waals surface area contributed by atoms with Gasteiger partial charge in [-0.15, -0.1) is 0 Å².